The van der Waals surface area contributed by atoms with Crippen LogP contribution in [0, 0.1) is 17.9 Å². The van der Waals surface area contributed by atoms with Gasteiger partial charge in [0.1, 0.15) is 0 Å². The molecule has 2 heterocycles. The highest BCUT2D eigenvalue weighted by Gasteiger charge is 2.41. The van der Waals surface area contributed by atoms with Crippen LogP contribution in [-0.2, 0) is 0 Å². The van der Waals surface area contributed by atoms with Crippen LogP contribution in [-0.4, -0.2) is 19.9 Å². The maximum absolute atomic E-state index is 9.52. The quantitative estimate of drug-likeness (QED) is 0.142. The molecule has 2 aromatic heterocycles. The summed E-state index contributed by atoms with van der Waals surface area (Å²) in [7, 11) is 0. The van der Waals surface area contributed by atoms with Gasteiger partial charge in [-0.3, -0.25) is 0 Å². The molecule has 6 heteroatoms. The van der Waals surface area contributed by atoms with Crippen LogP contribution in [0.2, 0.25) is 0 Å². The summed E-state index contributed by atoms with van der Waals surface area (Å²) in [4.78, 5) is 24.6. The van der Waals surface area contributed by atoms with E-state index in [-0.39, 0.29) is 11.8 Å². The van der Waals surface area contributed by atoms with E-state index in [9.17, 15) is 5.26 Å². The predicted molar refractivity (Wildman–Crippen MR) is 287 cm³/mol. The van der Waals surface area contributed by atoms with Gasteiger partial charge in [0.25, 0.3) is 0 Å². The highest BCUT2D eigenvalue weighted by molar-refractivity contribution is 5.87. The summed E-state index contributed by atoms with van der Waals surface area (Å²) < 4.78 is 0. The van der Waals surface area contributed by atoms with E-state index in [2.05, 4.69) is 138 Å². The summed E-state index contributed by atoms with van der Waals surface area (Å²) in [5.41, 5.74) is 22.4. The van der Waals surface area contributed by atoms with Gasteiger partial charge in [0, 0.05) is 45.2 Å². The van der Waals surface area contributed by atoms with Crippen molar-refractivity contribution < 1.29 is 0 Å². The van der Waals surface area contributed by atoms with Crippen LogP contribution < -0.4 is 0 Å². The van der Waals surface area contributed by atoms with Gasteiger partial charge in [-0.2, -0.15) is 5.26 Å². The Morgan fingerprint density at radius 1 is 0.333 bits per heavy atom. The lowest BCUT2D eigenvalue weighted by Crippen LogP contribution is -2.27. The predicted octanol–water partition coefficient (Wildman–Crippen LogP) is 16.0. The zero-order chi connectivity index (χ0) is 48.1. The van der Waals surface area contributed by atoms with Crippen molar-refractivity contribution in [1.29, 1.82) is 5.26 Å². The van der Waals surface area contributed by atoms with Crippen molar-refractivity contribution in [3.8, 4) is 96.1 Å². The molecule has 11 aromatic rings. The summed E-state index contributed by atoms with van der Waals surface area (Å²) in [6.45, 7) is 7.50. The number of nitrogens with zero attached hydrogens (tertiary/aromatic N) is 6. The molecule has 2 unspecified atom stereocenters. The molecule has 0 fully saturated rings. The Bertz CT molecular complexity index is 3740. The van der Waals surface area contributed by atoms with Gasteiger partial charge < -0.3 is 0 Å². The topological polar surface area (TPSA) is 79.7 Å². The third-order valence-corrected chi connectivity index (χ3v) is 14.2. The summed E-state index contributed by atoms with van der Waals surface area (Å²) in [5, 5.41) is 9.52. The van der Waals surface area contributed by atoms with Crippen molar-refractivity contribution >= 4 is 5.69 Å². The standard InChI is InChI=1S/C66H40N6/c1-68-48-32-28-43(29-33-48)50-19-9-11-21-52(50)62-39-60(70-66(72-62)45-16-6-3-7-17-45)47-31-35-56-58(37-47)64-54-23-13-12-22-53(54)63(56)57-36-46(30-34-55(57)64)59-38-61(71-65(69-59)44-14-4-2-5-15-44)51-20-10-8-18-49(51)42-26-24-41(40-67)25-27-42/h2-39,63-64H. The Hall–Kier alpha value is -9.88. The van der Waals surface area contributed by atoms with Crippen LogP contribution in [0.1, 0.15) is 50.8 Å². The summed E-state index contributed by atoms with van der Waals surface area (Å²) in [6, 6.07) is 81.8. The van der Waals surface area contributed by atoms with Crippen LogP contribution in [0.15, 0.2) is 231 Å². The lowest BCUT2D eigenvalue weighted by Gasteiger charge is -2.42. The van der Waals surface area contributed by atoms with E-state index < -0.39 is 0 Å². The molecule has 6 nitrogen and oxygen atoms in total. The van der Waals surface area contributed by atoms with Crippen LogP contribution >= 0.6 is 0 Å². The van der Waals surface area contributed by atoms with E-state index in [1.54, 1.807) is 0 Å². The van der Waals surface area contributed by atoms with Gasteiger partial charge in [0.2, 0.25) is 0 Å². The van der Waals surface area contributed by atoms with Crippen molar-refractivity contribution in [2.75, 3.05) is 0 Å². The molecular formula is C66H40N6. The first-order valence-electron chi connectivity index (χ1n) is 24.0. The average molecular weight is 917 g/mol. The van der Waals surface area contributed by atoms with Crippen molar-refractivity contribution in [2.24, 2.45) is 0 Å². The van der Waals surface area contributed by atoms with E-state index in [1.165, 1.54) is 33.4 Å². The SMILES string of the molecule is [C-]#[N+]c1ccc(-c2ccccc2-c2cc(-c3ccc4c(c3)C3c5ccccc5C4c4cc(-c5cc(-c6ccccc6-c6ccc(C#N)cc6)nc(-c6ccccc6)n5)ccc43)nc(-c3ccccc3)n2)cc1. The van der Waals surface area contributed by atoms with Crippen molar-refractivity contribution in [2.45, 2.75) is 11.8 Å². The number of hydrogen-bond acceptors (Lipinski definition) is 5. The highest BCUT2D eigenvalue weighted by Crippen LogP contribution is 2.57. The summed E-state index contributed by atoms with van der Waals surface area (Å²) in [6.07, 6.45) is 0. The van der Waals surface area contributed by atoms with Gasteiger partial charge in [-0.15, -0.1) is 0 Å². The second-order valence-electron chi connectivity index (χ2n) is 18.3. The van der Waals surface area contributed by atoms with Gasteiger partial charge >= 0.3 is 0 Å². The number of benzene rings is 9. The maximum atomic E-state index is 9.52. The maximum Gasteiger partial charge on any atom is 0.187 e. The fourth-order valence-electron chi connectivity index (χ4n) is 10.8. The fourth-order valence-corrected chi connectivity index (χ4v) is 10.8. The van der Waals surface area contributed by atoms with Crippen LogP contribution in [0.3, 0.4) is 0 Å². The largest absolute Gasteiger partial charge is 0.238 e. The number of rotatable bonds is 8. The zero-order valence-corrected chi connectivity index (χ0v) is 38.8. The van der Waals surface area contributed by atoms with E-state index in [0.717, 1.165) is 78.4 Å². The molecule has 0 radical (unpaired) electrons. The Morgan fingerprint density at radius 2 is 0.708 bits per heavy atom. The third kappa shape index (κ3) is 7.35. The molecule has 0 aliphatic heterocycles. The van der Waals surface area contributed by atoms with Gasteiger partial charge in [-0.05, 0) is 92.0 Å². The molecule has 3 aliphatic rings. The Morgan fingerprint density at radius 3 is 1.15 bits per heavy atom. The zero-order valence-electron chi connectivity index (χ0n) is 38.8. The Balaban J connectivity index is 0.932. The molecule has 14 rings (SSSR count). The van der Waals surface area contributed by atoms with E-state index in [0.29, 0.717) is 22.9 Å². The molecule has 0 amide bonds. The minimum atomic E-state index is 0.0131. The summed E-state index contributed by atoms with van der Waals surface area (Å²) >= 11 is 0. The van der Waals surface area contributed by atoms with Gasteiger partial charge in [0.05, 0.1) is 41.0 Å². The van der Waals surface area contributed by atoms with Crippen LogP contribution in [0.4, 0.5) is 5.69 Å². The minimum absolute atomic E-state index is 0.0131. The summed E-state index contributed by atoms with van der Waals surface area (Å²) in [5.74, 6) is 1.34. The monoisotopic (exact) mass is 916 g/mol. The van der Waals surface area contributed by atoms with Gasteiger partial charge in [0.15, 0.2) is 17.3 Å². The number of aromatic nitrogens is 4. The molecule has 2 bridgehead atoms. The van der Waals surface area contributed by atoms with E-state index in [1.807, 2.05) is 103 Å². The second kappa shape index (κ2) is 17.6. The van der Waals surface area contributed by atoms with E-state index >= 15 is 0 Å². The molecular weight excluding hydrogens is 877 g/mol. The van der Waals surface area contributed by atoms with Gasteiger partial charge in [-0.25, -0.2) is 24.8 Å². The normalized spacial score (nSPS) is 13.8. The lowest BCUT2D eigenvalue weighted by atomic mass is 9.60. The van der Waals surface area contributed by atoms with Crippen LogP contribution in [0.25, 0.3) is 94.9 Å². The minimum Gasteiger partial charge on any atom is -0.238 e. The van der Waals surface area contributed by atoms with Crippen molar-refractivity contribution in [3.63, 3.8) is 0 Å². The first-order chi connectivity index (χ1) is 35.6. The molecule has 9 aromatic carbocycles. The molecule has 3 aliphatic carbocycles. The first-order valence-corrected chi connectivity index (χ1v) is 24.0. The molecule has 72 heavy (non-hydrogen) atoms. The van der Waals surface area contributed by atoms with Crippen molar-refractivity contribution in [3.05, 3.63) is 281 Å². The number of hydrogen-bond donors (Lipinski definition) is 0. The lowest BCUT2D eigenvalue weighted by molar-refractivity contribution is 0.755. The molecule has 0 N–H and O–H groups in total. The average Bonchev–Trinajstić information content (AvgIpc) is 3.47. The fraction of sp³-hybridized carbons (Fsp3) is 0.0303. The molecule has 0 saturated carbocycles. The molecule has 2 atom stereocenters. The van der Waals surface area contributed by atoms with E-state index in [4.69, 9.17) is 26.5 Å². The molecule has 0 saturated heterocycles. The smallest absolute Gasteiger partial charge is 0.187 e. The van der Waals surface area contributed by atoms with Gasteiger partial charge in [-0.1, -0.05) is 194 Å². The molecule has 0 spiro atoms. The number of nitriles is 1. The van der Waals surface area contributed by atoms with Crippen molar-refractivity contribution in [1.82, 2.24) is 19.9 Å². The first kappa shape index (κ1) is 42.2. The molecule has 334 valence electrons. The highest BCUT2D eigenvalue weighted by atomic mass is 14.9. The Kier molecular flexibility index (Phi) is 10.3. The third-order valence-electron chi connectivity index (χ3n) is 14.2. The van der Waals surface area contributed by atoms with Crippen LogP contribution in [0.5, 0.6) is 0 Å². The Labute approximate surface area is 417 Å². The second-order valence-corrected chi connectivity index (χ2v) is 18.3.